The van der Waals surface area contributed by atoms with Crippen LogP contribution in [0.25, 0.3) is 0 Å². The molecule has 0 heterocycles. The number of hydrogen-bond donors (Lipinski definition) is 1. The van der Waals surface area contributed by atoms with Crippen molar-refractivity contribution < 1.29 is 0 Å². The van der Waals surface area contributed by atoms with Crippen molar-refractivity contribution in [3.63, 3.8) is 0 Å². The molecule has 0 spiro atoms. The van der Waals surface area contributed by atoms with Crippen LogP contribution in [0.5, 0.6) is 0 Å². The average Bonchev–Trinajstić information content (AvgIpc) is 2.00. The molecule has 0 aromatic carbocycles. The second-order valence-corrected chi connectivity index (χ2v) is 6.09. The highest BCUT2D eigenvalue weighted by molar-refractivity contribution is 4.84. The second-order valence-electron chi connectivity index (χ2n) is 6.09. The van der Waals surface area contributed by atoms with Crippen molar-refractivity contribution in [1.29, 1.82) is 0 Å². The molecule has 0 aromatic heterocycles. The summed E-state index contributed by atoms with van der Waals surface area (Å²) in [4.78, 5) is 2.43. The van der Waals surface area contributed by atoms with Crippen LogP contribution in [0.1, 0.15) is 41.5 Å². The number of nitrogens with zero attached hydrogens (tertiary/aromatic N) is 1. The van der Waals surface area contributed by atoms with Crippen molar-refractivity contribution in [2.24, 2.45) is 5.41 Å². The Hall–Kier alpha value is -0.0800. The zero-order valence-electron chi connectivity index (χ0n) is 11.2. The molecule has 2 heteroatoms. The van der Waals surface area contributed by atoms with E-state index in [1.807, 2.05) is 7.05 Å². The van der Waals surface area contributed by atoms with E-state index in [0.29, 0.717) is 11.5 Å². The standard InChI is InChI=1S/C12H28N2/c1-10(11(2,3)4)14(8)9-12(5,6)13-7/h10,13H,9H2,1-8H3. The summed E-state index contributed by atoms with van der Waals surface area (Å²) in [5.41, 5.74) is 0.535. The average molecular weight is 200 g/mol. The van der Waals surface area contributed by atoms with Crippen LogP contribution in [-0.2, 0) is 0 Å². The Bertz CT molecular complexity index is 168. The molecule has 0 fully saturated rings. The summed E-state index contributed by atoms with van der Waals surface area (Å²) in [7, 11) is 4.23. The van der Waals surface area contributed by atoms with E-state index in [1.165, 1.54) is 0 Å². The smallest absolute Gasteiger partial charge is 0.0249 e. The van der Waals surface area contributed by atoms with Crippen molar-refractivity contribution in [2.45, 2.75) is 53.1 Å². The van der Waals surface area contributed by atoms with Gasteiger partial charge in [-0.3, -0.25) is 0 Å². The van der Waals surface area contributed by atoms with Gasteiger partial charge in [-0.1, -0.05) is 20.8 Å². The SMILES string of the molecule is CNC(C)(C)CN(C)C(C)C(C)(C)C. The van der Waals surface area contributed by atoms with Crippen molar-refractivity contribution in [2.75, 3.05) is 20.6 Å². The van der Waals surface area contributed by atoms with Gasteiger partial charge in [-0.25, -0.2) is 0 Å². The Kier molecular flexibility index (Phi) is 4.60. The molecule has 0 amide bonds. The van der Waals surface area contributed by atoms with E-state index >= 15 is 0 Å². The number of likely N-dealkylation sites (N-methyl/N-ethyl adjacent to an activating group) is 2. The van der Waals surface area contributed by atoms with Gasteiger partial charge in [-0.05, 0) is 40.3 Å². The fraction of sp³-hybridized carbons (Fsp3) is 1.00. The monoisotopic (exact) mass is 200 g/mol. The van der Waals surface area contributed by atoms with Crippen molar-refractivity contribution >= 4 is 0 Å². The molecule has 0 aromatic rings. The first-order valence-electron chi connectivity index (χ1n) is 5.49. The highest BCUT2D eigenvalue weighted by Crippen LogP contribution is 2.23. The zero-order chi connectivity index (χ0) is 11.6. The van der Waals surface area contributed by atoms with E-state index in [1.54, 1.807) is 0 Å². The Morgan fingerprint density at radius 2 is 1.57 bits per heavy atom. The molecule has 86 valence electrons. The minimum Gasteiger partial charge on any atom is -0.314 e. The fourth-order valence-corrected chi connectivity index (χ4v) is 1.50. The first kappa shape index (κ1) is 13.9. The lowest BCUT2D eigenvalue weighted by atomic mass is 9.86. The summed E-state index contributed by atoms with van der Waals surface area (Å²) in [6, 6.07) is 0.593. The van der Waals surface area contributed by atoms with Gasteiger partial charge in [0.05, 0.1) is 0 Å². The summed E-state index contributed by atoms with van der Waals surface area (Å²) in [5, 5.41) is 3.34. The van der Waals surface area contributed by atoms with Crippen LogP contribution in [0, 0.1) is 5.41 Å². The lowest BCUT2D eigenvalue weighted by Crippen LogP contribution is -2.51. The zero-order valence-corrected chi connectivity index (χ0v) is 11.2. The molecule has 2 nitrogen and oxygen atoms in total. The minimum atomic E-state index is 0.189. The third kappa shape index (κ3) is 4.43. The van der Waals surface area contributed by atoms with E-state index < -0.39 is 0 Å². The molecule has 0 aliphatic rings. The largest absolute Gasteiger partial charge is 0.314 e. The lowest BCUT2D eigenvalue weighted by molar-refractivity contribution is 0.114. The predicted molar refractivity (Wildman–Crippen MR) is 64.7 cm³/mol. The van der Waals surface area contributed by atoms with E-state index in [0.717, 1.165) is 6.54 Å². The normalized spacial score (nSPS) is 16.1. The van der Waals surface area contributed by atoms with Crippen LogP contribution in [-0.4, -0.2) is 37.1 Å². The highest BCUT2D eigenvalue weighted by Gasteiger charge is 2.27. The van der Waals surface area contributed by atoms with Crippen LogP contribution < -0.4 is 5.32 Å². The number of rotatable bonds is 4. The van der Waals surface area contributed by atoms with Gasteiger partial charge in [-0.2, -0.15) is 0 Å². The molecule has 1 N–H and O–H groups in total. The Morgan fingerprint density at radius 1 is 1.14 bits per heavy atom. The van der Waals surface area contributed by atoms with E-state index in [4.69, 9.17) is 0 Å². The summed E-state index contributed by atoms with van der Waals surface area (Å²) in [5.74, 6) is 0. The summed E-state index contributed by atoms with van der Waals surface area (Å²) < 4.78 is 0. The molecule has 14 heavy (non-hydrogen) atoms. The van der Waals surface area contributed by atoms with Crippen LogP contribution in [0.2, 0.25) is 0 Å². The van der Waals surface area contributed by atoms with Crippen molar-refractivity contribution in [1.82, 2.24) is 10.2 Å². The predicted octanol–water partition coefficient (Wildman–Crippen LogP) is 2.35. The van der Waals surface area contributed by atoms with Gasteiger partial charge in [0.15, 0.2) is 0 Å². The Morgan fingerprint density at radius 3 is 1.86 bits per heavy atom. The molecule has 0 bridgehead atoms. The molecule has 1 atom stereocenters. The highest BCUT2D eigenvalue weighted by atomic mass is 15.2. The molecule has 0 aliphatic heterocycles. The molecule has 0 aliphatic carbocycles. The van der Waals surface area contributed by atoms with E-state index in [2.05, 4.69) is 58.8 Å². The number of hydrogen-bond acceptors (Lipinski definition) is 2. The van der Waals surface area contributed by atoms with Crippen molar-refractivity contribution in [3.05, 3.63) is 0 Å². The summed E-state index contributed by atoms with van der Waals surface area (Å²) >= 11 is 0. The van der Waals surface area contributed by atoms with Crippen LogP contribution in [0.4, 0.5) is 0 Å². The van der Waals surface area contributed by atoms with Gasteiger partial charge in [-0.15, -0.1) is 0 Å². The summed E-state index contributed by atoms with van der Waals surface area (Å²) in [6.45, 7) is 14.7. The van der Waals surface area contributed by atoms with Crippen LogP contribution in [0.15, 0.2) is 0 Å². The third-order valence-corrected chi connectivity index (χ3v) is 3.24. The van der Waals surface area contributed by atoms with Gasteiger partial charge in [0, 0.05) is 18.1 Å². The summed E-state index contributed by atoms with van der Waals surface area (Å²) in [6.07, 6.45) is 0. The van der Waals surface area contributed by atoms with E-state index in [-0.39, 0.29) is 5.54 Å². The second kappa shape index (κ2) is 4.63. The molecule has 0 rings (SSSR count). The van der Waals surface area contributed by atoms with Crippen LogP contribution in [0.3, 0.4) is 0 Å². The van der Waals surface area contributed by atoms with Gasteiger partial charge in [0.1, 0.15) is 0 Å². The topological polar surface area (TPSA) is 15.3 Å². The molecular formula is C12H28N2. The lowest BCUT2D eigenvalue weighted by Gasteiger charge is -2.39. The Labute approximate surface area is 90.1 Å². The molecule has 1 unspecified atom stereocenters. The van der Waals surface area contributed by atoms with E-state index in [9.17, 15) is 0 Å². The first-order valence-corrected chi connectivity index (χ1v) is 5.49. The maximum atomic E-state index is 3.34. The fourth-order valence-electron chi connectivity index (χ4n) is 1.50. The first-order chi connectivity index (χ1) is 6.10. The molecule has 0 saturated heterocycles. The molecule has 0 radical (unpaired) electrons. The minimum absolute atomic E-state index is 0.189. The maximum Gasteiger partial charge on any atom is 0.0249 e. The van der Waals surface area contributed by atoms with Crippen LogP contribution >= 0.6 is 0 Å². The van der Waals surface area contributed by atoms with Gasteiger partial charge in [0.2, 0.25) is 0 Å². The molecule has 0 saturated carbocycles. The van der Waals surface area contributed by atoms with Gasteiger partial charge < -0.3 is 10.2 Å². The van der Waals surface area contributed by atoms with Crippen molar-refractivity contribution in [3.8, 4) is 0 Å². The third-order valence-electron chi connectivity index (χ3n) is 3.24. The quantitative estimate of drug-likeness (QED) is 0.749. The van der Waals surface area contributed by atoms with Gasteiger partial charge >= 0.3 is 0 Å². The maximum absolute atomic E-state index is 3.34. The van der Waals surface area contributed by atoms with Gasteiger partial charge in [0.25, 0.3) is 0 Å². The molecular weight excluding hydrogens is 172 g/mol. The number of nitrogens with one attached hydrogen (secondary N) is 1. The Balaban J connectivity index is 4.28.